The van der Waals surface area contributed by atoms with Crippen LogP contribution in [0.1, 0.15) is 61.3 Å². The number of alkyl halides is 4. The smallest absolute Gasteiger partial charge is 0.416 e. The third-order valence-corrected chi connectivity index (χ3v) is 9.84. The van der Waals surface area contributed by atoms with Crippen LogP contribution in [0.2, 0.25) is 0 Å². The number of hydrogen-bond acceptors (Lipinski definition) is 5. The van der Waals surface area contributed by atoms with Gasteiger partial charge in [-0.25, -0.2) is 12.8 Å². The molecule has 0 aromatic heterocycles. The van der Waals surface area contributed by atoms with Gasteiger partial charge in [-0.2, -0.15) is 17.5 Å². The van der Waals surface area contributed by atoms with E-state index in [1.54, 1.807) is 0 Å². The van der Waals surface area contributed by atoms with Crippen LogP contribution in [0.3, 0.4) is 0 Å². The van der Waals surface area contributed by atoms with Crippen molar-refractivity contribution < 1.29 is 35.5 Å². The summed E-state index contributed by atoms with van der Waals surface area (Å²) in [4.78, 5) is 14.8. The number of carbonyl (C=O) groups is 1. The van der Waals surface area contributed by atoms with E-state index in [9.17, 15) is 30.8 Å². The molecule has 1 amide bonds. The number of halogens is 4. The average Bonchev–Trinajstić information content (AvgIpc) is 3.38. The van der Waals surface area contributed by atoms with Gasteiger partial charge in [0.25, 0.3) is 0 Å². The monoisotopic (exact) mass is 583 g/mol. The Hall–Kier alpha value is -2.70. The van der Waals surface area contributed by atoms with E-state index < -0.39 is 38.9 Å². The number of hydrogen-bond donors (Lipinski definition) is 1. The molecule has 0 unspecified atom stereocenters. The first-order valence-corrected chi connectivity index (χ1v) is 15.1. The van der Waals surface area contributed by atoms with Crippen LogP contribution in [0, 0.1) is 0 Å². The summed E-state index contributed by atoms with van der Waals surface area (Å²) in [6, 6.07) is 8.61. The molecule has 2 aromatic rings. The van der Waals surface area contributed by atoms with Gasteiger partial charge in [0.15, 0.2) is 0 Å². The molecule has 0 bridgehead atoms. The van der Waals surface area contributed by atoms with E-state index in [0.717, 1.165) is 33.6 Å². The van der Waals surface area contributed by atoms with E-state index in [-0.39, 0.29) is 24.9 Å². The lowest BCUT2D eigenvalue weighted by molar-refractivity contribution is -0.137. The van der Waals surface area contributed by atoms with Gasteiger partial charge < -0.3 is 10.1 Å². The minimum absolute atomic E-state index is 0.0898. The highest BCUT2D eigenvalue weighted by atomic mass is 32.2. The van der Waals surface area contributed by atoms with Gasteiger partial charge in [-0.05, 0) is 55.5 Å². The summed E-state index contributed by atoms with van der Waals surface area (Å²) in [6.07, 6.45) is -2.90. The zero-order valence-electron chi connectivity index (χ0n) is 22.0. The third-order valence-electron chi connectivity index (χ3n) is 7.89. The molecule has 40 heavy (non-hydrogen) atoms. The molecule has 218 valence electrons. The van der Waals surface area contributed by atoms with Crippen molar-refractivity contribution >= 4 is 15.9 Å². The second-order valence-corrected chi connectivity index (χ2v) is 12.6. The normalized spacial score (nSPS) is 23.0. The Bertz CT molecular complexity index is 1330. The number of benzene rings is 2. The topological polar surface area (TPSA) is 79.0 Å². The number of nitrogens with zero attached hydrogens (tertiary/aromatic N) is 2. The number of piperidine rings is 1. The molecule has 2 saturated heterocycles. The fourth-order valence-electron chi connectivity index (χ4n) is 5.77. The van der Waals surface area contributed by atoms with Gasteiger partial charge in [-0.1, -0.05) is 18.2 Å². The van der Waals surface area contributed by atoms with E-state index in [4.69, 9.17) is 4.74 Å². The zero-order valence-corrected chi connectivity index (χ0v) is 22.8. The van der Waals surface area contributed by atoms with E-state index in [0.29, 0.717) is 70.2 Å². The number of ether oxygens (including phenoxy) is 1. The third kappa shape index (κ3) is 6.44. The molecule has 0 saturated carbocycles. The maximum Gasteiger partial charge on any atom is 0.416 e. The van der Waals surface area contributed by atoms with Crippen LogP contribution >= 0.6 is 0 Å². The van der Waals surface area contributed by atoms with Gasteiger partial charge >= 0.3 is 6.18 Å². The number of amides is 1. The highest BCUT2D eigenvalue weighted by Gasteiger charge is 2.38. The maximum absolute atomic E-state index is 13.5. The van der Waals surface area contributed by atoms with Crippen LogP contribution in [0.15, 0.2) is 47.4 Å². The fraction of sp³-hybridized carbons (Fsp3) is 0.536. The lowest BCUT2D eigenvalue weighted by atomic mass is 9.98. The summed E-state index contributed by atoms with van der Waals surface area (Å²) in [6.45, 7) is 2.66. The summed E-state index contributed by atoms with van der Waals surface area (Å²) in [7, 11) is -4.21. The first-order chi connectivity index (χ1) is 19.0. The van der Waals surface area contributed by atoms with Crippen molar-refractivity contribution in [2.75, 3.05) is 26.2 Å². The second-order valence-electron chi connectivity index (χ2n) is 10.7. The summed E-state index contributed by atoms with van der Waals surface area (Å²) in [5, 5.41) is 3.01. The van der Waals surface area contributed by atoms with Crippen molar-refractivity contribution in [2.45, 2.75) is 74.4 Å². The van der Waals surface area contributed by atoms with Gasteiger partial charge in [0.1, 0.15) is 11.9 Å². The first kappa shape index (κ1) is 28.8. The minimum atomic E-state index is -4.66. The van der Waals surface area contributed by atoms with Crippen molar-refractivity contribution in [2.24, 2.45) is 0 Å². The predicted molar refractivity (Wildman–Crippen MR) is 140 cm³/mol. The fourth-order valence-corrected chi connectivity index (χ4v) is 7.50. The summed E-state index contributed by atoms with van der Waals surface area (Å²) >= 11 is 0. The minimum Gasteiger partial charge on any atom is -0.493 e. The highest BCUT2D eigenvalue weighted by molar-refractivity contribution is 7.89. The Balaban J connectivity index is 1.23. The molecule has 5 rings (SSSR count). The van der Waals surface area contributed by atoms with E-state index in [1.165, 1.54) is 0 Å². The summed E-state index contributed by atoms with van der Waals surface area (Å²) in [5.41, 5.74) is 0.850. The molecule has 0 radical (unpaired) electrons. The first-order valence-electron chi connectivity index (χ1n) is 13.6. The van der Waals surface area contributed by atoms with Crippen molar-refractivity contribution in [1.29, 1.82) is 0 Å². The van der Waals surface area contributed by atoms with Gasteiger partial charge in [-0.3, -0.25) is 9.69 Å². The summed E-state index contributed by atoms with van der Waals surface area (Å²) in [5.74, 6) is 0.358. The number of nitrogens with one attached hydrogen (secondary N) is 1. The predicted octanol–water partition coefficient (Wildman–Crippen LogP) is 4.82. The molecule has 2 atom stereocenters. The van der Waals surface area contributed by atoms with E-state index in [1.807, 2.05) is 18.2 Å². The van der Waals surface area contributed by atoms with Gasteiger partial charge in [-0.15, -0.1) is 0 Å². The van der Waals surface area contributed by atoms with Gasteiger partial charge in [0.2, 0.25) is 15.9 Å². The maximum atomic E-state index is 13.5. The molecule has 7 nitrogen and oxygen atoms in total. The molecule has 2 fully saturated rings. The molecule has 12 heteroatoms. The lowest BCUT2D eigenvalue weighted by Gasteiger charge is -2.30. The molecule has 3 heterocycles. The quantitative estimate of drug-likeness (QED) is 0.473. The second kappa shape index (κ2) is 11.7. The highest BCUT2D eigenvalue weighted by Crippen LogP contribution is 2.35. The van der Waals surface area contributed by atoms with Crippen LogP contribution in [0.25, 0.3) is 0 Å². The van der Waals surface area contributed by atoms with E-state index in [2.05, 4.69) is 10.2 Å². The molecular formula is C28H33F4N3O4S. The van der Waals surface area contributed by atoms with Gasteiger partial charge in [0, 0.05) is 50.6 Å². The molecule has 1 N–H and O–H groups in total. The van der Waals surface area contributed by atoms with Crippen LogP contribution in [-0.2, 0) is 27.5 Å². The molecular weight excluding hydrogens is 550 g/mol. The Morgan fingerprint density at radius 2 is 1.80 bits per heavy atom. The Morgan fingerprint density at radius 1 is 1.02 bits per heavy atom. The van der Waals surface area contributed by atoms with Crippen molar-refractivity contribution in [3.63, 3.8) is 0 Å². The molecule has 0 aliphatic carbocycles. The Labute approximate surface area is 231 Å². The molecule has 2 aromatic carbocycles. The Morgan fingerprint density at radius 3 is 2.55 bits per heavy atom. The Kier molecular flexibility index (Phi) is 8.40. The number of carbonyl (C=O) groups excluding carboxylic acids is 1. The van der Waals surface area contributed by atoms with Crippen LogP contribution in [0.5, 0.6) is 5.75 Å². The molecule has 3 aliphatic heterocycles. The van der Waals surface area contributed by atoms with Crippen LogP contribution in [-0.4, -0.2) is 62.0 Å². The molecule has 0 spiro atoms. The lowest BCUT2D eigenvalue weighted by Crippen LogP contribution is -2.40. The van der Waals surface area contributed by atoms with Gasteiger partial charge in [0.05, 0.1) is 23.1 Å². The average molecular weight is 584 g/mol. The van der Waals surface area contributed by atoms with Crippen LogP contribution in [0.4, 0.5) is 17.6 Å². The molecule has 3 aliphatic rings. The summed E-state index contributed by atoms with van der Waals surface area (Å²) < 4.78 is 86.4. The number of rotatable bonds is 7. The number of likely N-dealkylation sites (tertiary alicyclic amines) is 1. The number of fused-ring (bicyclic) bond motifs is 1. The zero-order chi connectivity index (χ0) is 28.5. The standard InChI is InChI=1S/C28H33F4N3O4S/c29-21-8-12-34(13-9-21)18-19-6-7-24-25(10-14-39-26(24)15-19)33-27(36)17-22-4-2-11-35(22)40(37,38)23-5-1-3-20(16-23)28(30,31)32/h1,3,5-7,15-16,21-22,25H,2,4,8-14,17-18H2,(H,33,36)/t22-,25+/m0/s1. The number of sulfonamides is 1. The van der Waals surface area contributed by atoms with Crippen molar-refractivity contribution in [3.8, 4) is 5.75 Å². The van der Waals surface area contributed by atoms with E-state index >= 15 is 0 Å². The SMILES string of the molecule is O=C(C[C@@H]1CCCN1S(=O)(=O)c1cccc(C(F)(F)F)c1)N[C@@H]1CCOc2cc(CN3CCC(F)CC3)ccc21. The van der Waals surface area contributed by atoms with Crippen LogP contribution < -0.4 is 10.1 Å². The van der Waals surface area contributed by atoms with Crippen molar-refractivity contribution in [3.05, 3.63) is 59.2 Å². The largest absolute Gasteiger partial charge is 0.493 e. The van der Waals surface area contributed by atoms with Crippen molar-refractivity contribution in [1.82, 2.24) is 14.5 Å².